The number of fused-ring (bicyclic) bond motifs is 3. The molecule has 4 rings (SSSR count). The van der Waals surface area contributed by atoms with E-state index in [0.717, 1.165) is 5.39 Å². The summed E-state index contributed by atoms with van der Waals surface area (Å²) in [6, 6.07) is 8.60. The van der Waals surface area contributed by atoms with Crippen molar-refractivity contribution in [1.82, 2.24) is 9.97 Å². The SMILES string of the molecule is O=C(O)c1cc2c([nH]c3ccccc32)c([C@H](CO)O[C@@H]2O[C@H](CO)[C@@H](O)[C@H](O)[C@H]2O)n1. The lowest BCUT2D eigenvalue weighted by Crippen LogP contribution is -2.59. The minimum absolute atomic E-state index is 0.0607. The fourth-order valence-corrected chi connectivity index (χ4v) is 3.75. The van der Waals surface area contributed by atoms with Crippen LogP contribution < -0.4 is 0 Å². The van der Waals surface area contributed by atoms with Gasteiger partial charge < -0.3 is 45.1 Å². The highest BCUT2D eigenvalue weighted by Crippen LogP contribution is 2.33. The quantitative estimate of drug-likeness (QED) is 0.261. The molecule has 3 heterocycles. The third-order valence-corrected chi connectivity index (χ3v) is 5.36. The van der Waals surface area contributed by atoms with Crippen LogP contribution in [0.5, 0.6) is 0 Å². The topological polar surface area (TPSA) is 186 Å². The van der Waals surface area contributed by atoms with Crippen LogP contribution in [0, 0.1) is 0 Å². The monoisotopic (exact) mass is 434 g/mol. The molecule has 1 fully saturated rings. The number of pyridine rings is 1. The minimum Gasteiger partial charge on any atom is -0.477 e. The standard InChI is InChI=1S/C20H22N2O9/c23-6-12(30-20-18(27)17(26)16(25)13(7-24)31-20)15-14-9(5-11(22-15)19(28)29)8-3-1-2-4-10(8)21-14/h1-5,12-13,16-18,20-21,23-27H,6-7H2,(H,28,29)/t12-,13+,16+,17-,18+,20+/m0/s1. The fourth-order valence-electron chi connectivity index (χ4n) is 3.75. The van der Waals surface area contributed by atoms with Crippen molar-refractivity contribution in [2.75, 3.05) is 13.2 Å². The Bertz CT molecular complexity index is 1100. The van der Waals surface area contributed by atoms with Gasteiger partial charge in [0.15, 0.2) is 6.29 Å². The van der Waals surface area contributed by atoms with Gasteiger partial charge in [-0.2, -0.15) is 0 Å². The lowest BCUT2D eigenvalue weighted by atomic mass is 9.99. The molecule has 0 aliphatic carbocycles. The molecule has 0 amide bonds. The summed E-state index contributed by atoms with van der Waals surface area (Å²) in [5, 5.41) is 60.2. The van der Waals surface area contributed by atoms with E-state index in [1.807, 2.05) is 0 Å². The fraction of sp³-hybridized carbons (Fsp3) is 0.400. The largest absolute Gasteiger partial charge is 0.477 e. The van der Waals surface area contributed by atoms with Crippen molar-refractivity contribution >= 4 is 27.8 Å². The zero-order chi connectivity index (χ0) is 22.3. The molecule has 0 unspecified atom stereocenters. The smallest absolute Gasteiger partial charge is 0.354 e. The lowest BCUT2D eigenvalue weighted by molar-refractivity contribution is -0.314. The maximum Gasteiger partial charge on any atom is 0.354 e. The molecular formula is C20H22N2O9. The molecular weight excluding hydrogens is 412 g/mol. The van der Waals surface area contributed by atoms with Gasteiger partial charge in [0.05, 0.1) is 24.4 Å². The van der Waals surface area contributed by atoms with Crippen molar-refractivity contribution in [3.8, 4) is 0 Å². The second-order valence-corrected chi connectivity index (χ2v) is 7.30. The van der Waals surface area contributed by atoms with Crippen molar-refractivity contribution < 1.29 is 44.9 Å². The number of aromatic carboxylic acids is 1. The number of rotatable bonds is 6. The Morgan fingerprint density at radius 2 is 1.87 bits per heavy atom. The number of aromatic nitrogens is 2. The van der Waals surface area contributed by atoms with E-state index in [0.29, 0.717) is 16.4 Å². The molecule has 0 bridgehead atoms. The molecule has 1 saturated heterocycles. The molecule has 11 heteroatoms. The summed E-state index contributed by atoms with van der Waals surface area (Å²) in [7, 11) is 0. The number of nitrogens with zero attached hydrogens (tertiary/aromatic N) is 1. The van der Waals surface area contributed by atoms with E-state index in [1.54, 1.807) is 24.3 Å². The number of carboxylic acids is 1. The number of aliphatic hydroxyl groups excluding tert-OH is 5. The van der Waals surface area contributed by atoms with Crippen LogP contribution in [0.4, 0.5) is 0 Å². The Balaban J connectivity index is 1.77. The first-order valence-electron chi connectivity index (χ1n) is 9.57. The Labute approximate surface area is 175 Å². The van der Waals surface area contributed by atoms with Crippen LogP contribution in [0.1, 0.15) is 22.3 Å². The van der Waals surface area contributed by atoms with Gasteiger partial charge in [0, 0.05) is 16.3 Å². The summed E-state index contributed by atoms with van der Waals surface area (Å²) in [5.74, 6) is -1.28. The summed E-state index contributed by atoms with van der Waals surface area (Å²) in [6.45, 7) is -1.30. The van der Waals surface area contributed by atoms with Gasteiger partial charge in [-0.05, 0) is 12.1 Å². The summed E-state index contributed by atoms with van der Waals surface area (Å²) >= 11 is 0. The first-order chi connectivity index (χ1) is 14.8. The van der Waals surface area contributed by atoms with Gasteiger partial charge in [-0.3, -0.25) is 0 Å². The molecule has 11 nitrogen and oxygen atoms in total. The number of hydrogen-bond acceptors (Lipinski definition) is 9. The number of carbonyl (C=O) groups is 1. The third-order valence-electron chi connectivity index (χ3n) is 5.36. The van der Waals surface area contributed by atoms with Crippen molar-refractivity contribution in [2.45, 2.75) is 36.8 Å². The molecule has 1 aliphatic heterocycles. The number of hydrogen-bond donors (Lipinski definition) is 7. The summed E-state index contributed by atoms with van der Waals surface area (Å²) in [5.41, 5.74) is 0.927. The van der Waals surface area contributed by atoms with E-state index in [-0.39, 0.29) is 11.4 Å². The predicted octanol–water partition coefficient (Wildman–Crippen LogP) is -0.736. The Kier molecular flexibility index (Phi) is 5.90. The van der Waals surface area contributed by atoms with Crippen LogP contribution in [0.2, 0.25) is 0 Å². The van der Waals surface area contributed by atoms with Gasteiger partial charge in [0.25, 0.3) is 0 Å². The highest BCUT2D eigenvalue weighted by Gasteiger charge is 2.45. The molecule has 1 aromatic carbocycles. The van der Waals surface area contributed by atoms with Gasteiger partial charge in [0.1, 0.15) is 36.2 Å². The van der Waals surface area contributed by atoms with Crippen LogP contribution in [-0.4, -0.2) is 90.5 Å². The number of para-hydroxylation sites is 1. The van der Waals surface area contributed by atoms with Crippen molar-refractivity contribution in [2.24, 2.45) is 0 Å². The van der Waals surface area contributed by atoms with E-state index in [2.05, 4.69) is 9.97 Å². The molecule has 1 aliphatic rings. The van der Waals surface area contributed by atoms with E-state index in [9.17, 15) is 35.4 Å². The molecule has 0 saturated carbocycles. The number of ether oxygens (including phenoxy) is 2. The third kappa shape index (κ3) is 3.77. The van der Waals surface area contributed by atoms with Crippen LogP contribution in [-0.2, 0) is 9.47 Å². The average Bonchev–Trinajstić information content (AvgIpc) is 3.15. The minimum atomic E-state index is -1.69. The van der Waals surface area contributed by atoms with Gasteiger partial charge in [-0.25, -0.2) is 9.78 Å². The summed E-state index contributed by atoms with van der Waals surface area (Å²) in [6.07, 6.45) is -8.90. The van der Waals surface area contributed by atoms with Gasteiger partial charge in [-0.15, -0.1) is 0 Å². The molecule has 0 radical (unpaired) electrons. The van der Waals surface area contributed by atoms with Crippen LogP contribution >= 0.6 is 0 Å². The second kappa shape index (κ2) is 8.48. The number of carboxylic acid groups (broad SMARTS) is 1. The first kappa shape index (κ1) is 21.6. The number of H-pyrrole nitrogens is 1. The normalized spacial score (nSPS) is 27.6. The maximum atomic E-state index is 11.6. The number of aliphatic hydroxyl groups is 5. The summed E-state index contributed by atoms with van der Waals surface area (Å²) in [4.78, 5) is 18.9. The van der Waals surface area contributed by atoms with Gasteiger partial charge >= 0.3 is 5.97 Å². The number of benzene rings is 1. The molecule has 6 atom stereocenters. The lowest BCUT2D eigenvalue weighted by Gasteiger charge is -2.40. The van der Waals surface area contributed by atoms with Crippen LogP contribution in [0.25, 0.3) is 21.8 Å². The summed E-state index contributed by atoms with van der Waals surface area (Å²) < 4.78 is 11.0. The van der Waals surface area contributed by atoms with Crippen molar-refractivity contribution in [3.05, 3.63) is 41.7 Å². The van der Waals surface area contributed by atoms with E-state index >= 15 is 0 Å². The van der Waals surface area contributed by atoms with Crippen LogP contribution in [0.15, 0.2) is 30.3 Å². The van der Waals surface area contributed by atoms with Crippen molar-refractivity contribution in [1.29, 1.82) is 0 Å². The van der Waals surface area contributed by atoms with Gasteiger partial charge in [-0.1, -0.05) is 18.2 Å². The van der Waals surface area contributed by atoms with Crippen LogP contribution in [0.3, 0.4) is 0 Å². The highest BCUT2D eigenvalue weighted by atomic mass is 16.7. The Morgan fingerprint density at radius 3 is 2.55 bits per heavy atom. The zero-order valence-electron chi connectivity index (χ0n) is 16.1. The molecule has 166 valence electrons. The van der Waals surface area contributed by atoms with Gasteiger partial charge in [0.2, 0.25) is 0 Å². The molecule has 7 N–H and O–H groups in total. The van der Waals surface area contributed by atoms with E-state index in [1.165, 1.54) is 6.07 Å². The van der Waals surface area contributed by atoms with E-state index in [4.69, 9.17) is 9.47 Å². The first-order valence-corrected chi connectivity index (χ1v) is 9.57. The zero-order valence-corrected chi connectivity index (χ0v) is 16.1. The molecule has 0 spiro atoms. The molecule has 2 aromatic heterocycles. The highest BCUT2D eigenvalue weighted by molar-refractivity contribution is 6.09. The average molecular weight is 434 g/mol. The Hall–Kier alpha value is -2.64. The Morgan fingerprint density at radius 1 is 1.13 bits per heavy atom. The number of nitrogens with one attached hydrogen (secondary N) is 1. The maximum absolute atomic E-state index is 11.6. The van der Waals surface area contributed by atoms with Crippen molar-refractivity contribution in [3.63, 3.8) is 0 Å². The predicted molar refractivity (Wildman–Crippen MR) is 105 cm³/mol. The molecule has 3 aromatic rings. The molecule has 31 heavy (non-hydrogen) atoms. The number of aromatic amines is 1. The second-order valence-electron chi connectivity index (χ2n) is 7.30. The van der Waals surface area contributed by atoms with E-state index < -0.39 is 56.0 Å².